The van der Waals surface area contributed by atoms with Gasteiger partial charge in [0.05, 0.1) is 11.8 Å². The summed E-state index contributed by atoms with van der Waals surface area (Å²) in [6.07, 6.45) is 3.02. The Bertz CT molecular complexity index is 680. The lowest BCUT2D eigenvalue weighted by atomic mass is 10.00. The zero-order chi connectivity index (χ0) is 16.3. The van der Waals surface area contributed by atoms with Crippen LogP contribution in [0.25, 0.3) is 0 Å². The highest BCUT2D eigenvalue weighted by molar-refractivity contribution is 7.94. The fourth-order valence-electron chi connectivity index (χ4n) is 2.66. The molecule has 0 spiro atoms. The van der Waals surface area contributed by atoms with Crippen LogP contribution in [0.15, 0.2) is 35.7 Å². The molecule has 1 heterocycles. The third kappa shape index (κ3) is 3.70. The molecule has 1 aliphatic heterocycles. The van der Waals surface area contributed by atoms with Gasteiger partial charge in [0, 0.05) is 22.0 Å². The van der Waals surface area contributed by atoms with Crippen molar-refractivity contribution in [3.05, 3.63) is 40.8 Å². The van der Waals surface area contributed by atoms with Crippen LogP contribution in [-0.4, -0.2) is 26.1 Å². The summed E-state index contributed by atoms with van der Waals surface area (Å²) in [6, 6.07) is 6.49. The molecule has 1 aromatic rings. The first kappa shape index (κ1) is 17.0. The molecule has 22 heavy (non-hydrogen) atoms. The Morgan fingerprint density at radius 2 is 2.05 bits per heavy atom. The molecular weight excluding hydrogens is 322 g/mol. The number of hydrogen-bond acceptors (Lipinski definition) is 3. The van der Waals surface area contributed by atoms with Crippen LogP contribution < -0.4 is 4.90 Å². The molecule has 0 unspecified atom stereocenters. The van der Waals surface area contributed by atoms with E-state index in [0.29, 0.717) is 10.7 Å². The lowest BCUT2D eigenvalue weighted by Gasteiger charge is -2.31. The molecule has 0 aliphatic carbocycles. The molecule has 1 aromatic carbocycles. The smallest absolute Gasteiger partial charge is 0.230 e. The maximum atomic E-state index is 12.9. The van der Waals surface area contributed by atoms with Gasteiger partial charge in [0.15, 0.2) is 9.84 Å². The first-order valence-electron chi connectivity index (χ1n) is 7.37. The van der Waals surface area contributed by atoms with Gasteiger partial charge in [0.2, 0.25) is 5.91 Å². The van der Waals surface area contributed by atoms with Crippen molar-refractivity contribution in [1.29, 1.82) is 0 Å². The maximum absolute atomic E-state index is 12.9. The fraction of sp³-hybridized carbons (Fsp3) is 0.438. The third-order valence-electron chi connectivity index (χ3n) is 3.90. The average Bonchev–Trinajstić information content (AvgIpc) is 2.80. The minimum Gasteiger partial charge on any atom is -0.304 e. The van der Waals surface area contributed by atoms with Crippen molar-refractivity contribution in [2.24, 2.45) is 5.92 Å². The molecule has 6 heteroatoms. The predicted molar refractivity (Wildman–Crippen MR) is 89.7 cm³/mol. The van der Waals surface area contributed by atoms with Crippen LogP contribution in [0.1, 0.15) is 26.7 Å². The molecule has 120 valence electrons. The minimum absolute atomic E-state index is 0.0565. The van der Waals surface area contributed by atoms with Crippen LogP contribution in [0.2, 0.25) is 5.02 Å². The van der Waals surface area contributed by atoms with E-state index in [2.05, 4.69) is 0 Å². The molecule has 0 bridgehead atoms. The number of halogens is 1. The SMILES string of the molecule is CCC(CC)C(=O)N(c1cccc(Cl)c1)[C@@H]1C=CS(=O)(=O)C1. The second-order valence-electron chi connectivity index (χ2n) is 5.43. The number of anilines is 1. The highest BCUT2D eigenvalue weighted by atomic mass is 35.5. The van der Waals surface area contributed by atoms with Crippen molar-refractivity contribution in [3.63, 3.8) is 0 Å². The molecule has 0 aromatic heterocycles. The largest absolute Gasteiger partial charge is 0.304 e. The Balaban J connectivity index is 2.41. The monoisotopic (exact) mass is 341 g/mol. The zero-order valence-electron chi connectivity index (χ0n) is 12.7. The number of amides is 1. The summed E-state index contributed by atoms with van der Waals surface area (Å²) in [5.74, 6) is -0.263. The molecular formula is C16H20ClNO3S. The van der Waals surface area contributed by atoms with Gasteiger partial charge < -0.3 is 4.90 Å². The van der Waals surface area contributed by atoms with Crippen molar-refractivity contribution in [2.45, 2.75) is 32.7 Å². The van der Waals surface area contributed by atoms with Crippen molar-refractivity contribution >= 4 is 33.0 Å². The number of sulfone groups is 1. The highest BCUT2D eigenvalue weighted by Crippen LogP contribution is 2.28. The molecule has 2 rings (SSSR count). The highest BCUT2D eigenvalue weighted by Gasteiger charge is 2.33. The van der Waals surface area contributed by atoms with Crippen LogP contribution in [0.5, 0.6) is 0 Å². The Hall–Kier alpha value is -1.33. The van der Waals surface area contributed by atoms with Crippen LogP contribution in [0.3, 0.4) is 0 Å². The van der Waals surface area contributed by atoms with Gasteiger partial charge in [-0.1, -0.05) is 31.5 Å². The van der Waals surface area contributed by atoms with E-state index in [-0.39, 0.29) is 17.6 Å². The van der Waals surface area contributed by atoms with E-state index in [1.54, 1.807) is 35.2 Å². The lowest BCUT2D eigenvalue weighted by Crippen LogP contribution is -2.44. The molecule has 1 amide bonds. The normalized spacial score (nSPS) is 19.5. The predicted octanol–water partition coefficient (Wildman–Crippen LogP) is 3.42. The van der Waals surface area contributed by atoms with Crippen molar-refractivity contribution in [2.75, 3.05) is 10.7 Å². The number of rotatable bonds is 5. The van der Waals surface area contributed by atoms with Gasteiger partial charge >= 0.3 is 0 Å². The van der Waals surface area contributed by atoms with E-state index in [1.165, 1.54) is 5.41 Å². The van der Waals surface area contributed by atoms with E-state index >= 15 is 0 Å². The first-order chi connectivity index (χ1) is 10.4. The summed E-state index contributed by atoms with van der Waals surface area (Å²) < 4.78 is 23.4. The Morgan fingerprint density at radius 1 is 1.36 bits per heavy atom. The van der Waals surface area contributed by atoms with Crippen LogP contribution in [0, 0.1) is 5.92 Å². The van der Waals surface area contributed by atoms with Gasteiger partial charge in [-0.25, -0.2) is 8.42 Å². The second kappa shape index (κ2) is 6.84. The quantitative estimate of drug-likeness (QED) is 0.824. The summed E-state index contributed by atoms with van der Waals surface area (Å²) in [5.41, 5.74) is 0.635. The molecule has 0 fully saturated rings. The maximum Gasteiger partial charge on any atom is 0.230 e. The van der Waals surface area contributed by atoms with E-state index in [0.717, 1.165) is 12.8 Å². The van der Waals surface area contributed by atoms with E-state index in [1.807, 2.05) is 13.8 Å². The average molecular weight is 342 g/mol. The minimum atomic E-state index is -3.24. The molecule has 0 saturated heterocycles. The van der Waals surface area contributed by atoms with Crippen LogP contribution in [0.4, 0.5) is 5.69 Å². The van der Waals surface area contributed by atoms with Gasteiger partial charge in [-0.15, -0.1) is 0 Å². The van der Waals surface area contributed by atoms with E-state index in [9.17, 15) is 13.2 Å². The van der Waals surface area contributed by atoms with Gasteiger partial charge in [0.25, 0.3) is 0 Å². The van der Waals surface area contributed by atoms with Gasteiger partial charge in [0.1, 0.15) is 0 Å². The summed E-state index contributed by atoms with van der Waals surface area (Å²) in [4.78, 5) is 14.4. The first-order valence-corrected chi connectivity index (χ1v) is 9.47. The number of carbonyl (C=O) groups is 1. The Morgan fingerprint density at radius 3 is 2.55 bits per heavy atom. The van der Waals surface area contributed by atoms with Gasteiger partial charge in [-0.3, -0.25) is 4.79 Å². The molecule has 1 aliphatic rings. The summed E-state index contributed by atoms with van der Waals surface area (Å²) in [5, 5.41) is 1.71. The van der Waals surface area contributed by atoms with Crippen molar-refractivity contribution in [1.82, 2.24) is 0 Å². The molecule has 1 atom stereocenters. The van der Waals surface area contributed by atoms with E-state index in [4.69, 9.17) is 11.6 Å². The topological polar surface area (TPSA) is 54.5 Å². The number of nitrogens with zero attached hydrogens (tertiary/aromatic N) is 1. The summed E-state index contributed by atoms with van der Waals surface area (Å²) in [6.45, 7) is 3.92. The number of carbonyl (C=O) groups excluding carboxylic acids is 1. The van der Waals surface area contributed by atoms with Gasteiger partial charge in [-0.05, 0) is 37.1 Å². The standard InChI is InChI=1S/C16H20ClNO3S/c1-3-12(4-2)16(19)18(14-7-5-6-13(17)10-14)15-8-9-22(20,21)11-15/h5-10,12,15H,3-4,11H2,1-2H3/t15-/m1/s1. The third-order valence-corrected chi connectivity index (χ3v) is 5.51. The van der Waals surface area contributed by atoms with E-state index < -0.39 is 15.9 Å². The lowest BCUT2D eigenvalue weighted by molar-refractivity contribution is -0.122. The molecule has 0 radical (unpaired) electrons. The molecule has 4 nitrogen and oxygen atoms in total. The Kier molecular flexibility index (Phi) is 5.29. The molecule has 0 N–H and O–H groups in total. The van der Waals surface area contributed by atoms with Crippen LogP contribution in [-0.2, 0) is 14.6 Å². The summed E-state index contributed by atoms with van der Waals surface area (Å²) in [7, 11) is -3.24. The Labute approximate surface area is 136 Å². The molecule has 0 saturated carbocycles. The fourth-order valence-corrected chi connectivity index (χ4v) is 4.12. The van der Waals surface area contributed by atoms with Crippen molar-refractivity contribution in [3.8, 4) is 0 Å². The summed E-state index contributed by atoms with van der Waals surface area (Å²) >= 11 is 6.03. The number of benzene rings is 1. The van der Waals surface area contributed by atoms with Crippen LogP contribution >= 0.6 is 11.6 Å². The number of hydrogen-bond donors (Lipinski definition) is 0. The zero-order valence-corrected chi connectivity index (χ0v) is 14.3. The van der Waals surface area contributed by atoms with Gasteiger partial charge in [-0.2, -0.15) is 0 Å². The second-order valence-corrected chi connectivity index (χ2v) is 7.79. The van der Waals surface area contributed by atoms with Crippen molar-refractivity contribution < 1.29 is 13.2 Å².